The van der Waals surface area contributed by atoms with Crippen LogP contribution in [-0.2, 0) is 0 Å². The van der Waals surface area contributed by atoms with Crippen LogP contribution in [0.3, 0.4) is 0 Å². The molecule has 0 saturated heterocycles. The second-order valence-corrected chi connectivity index (χ2v) is 6.02. The summed E-state index contributed by atoms with van der Waals surface area (Å²) < 4.78 is 0. The van der Waals surface area contributed by atoms with Crippen molar-refractivity contribution < 1.29 is 0 Å². The molecule has 0 unspecified atom stereocenters. The van der Waals surface area contributed by atoms with Crippen LogP contribution in [0, 0.1) is 13.8 Å². The van der Waals surface area contributed by atoms with Crippen LogP contribution in [0.15, 0.2) is 47.6 Å². The van der Waals surface area contributed by atoms with Crippen molar-refractivity contribution in [2.24, 2.45) is 5.10 Å². The van der Waals surface area contributed by atoms with Gasteiger partial charge in [0.25, 0.3) is 0 Å². The van der Waals surface area contributed by atoms with Crippen molar-refractivity contribution in [1.29, 1.82) is 0 Å². The smallest absolute Gasteiger partial charge is 0.191 e. The van der Waals surface area contributed by atoms with E-state index in [1.807, 2.05) is 43.3 Å². The summed E-state index contributed by atoms with van der Waals surface area (Å²) in [6, 6.07) is 13.9. The van der Waals surface area contributed by atoms with E-state index in [2.05, 4.69) is 45.7 Å². The van der Waals surface area contributed by atoms with Gasteiger partial charge in [-0.25, -0.2) is 4.98 Å². The maximum Gasteiger partial charge on any atom is 0.191 e. The van der Waals surface area contributed by atoms with Gasteiger partial charge in [-0.15, -0.1) is 0 Å². The zero-order chi connectivity index (χ0) is 17.1. The van der Waals surface area contributed by atoms with Gasteiger partial charge in [0.05, 0.1) is 11.0 Å². The van der Waals surface area contributed by atoms with E-state index in [1.165, 1.54) is 11.1 Å². The van der Waals surface area contributed by atoms with Crippen LogP contribution in [0.5, 0.6) is 0 Å². The summed E-state index contributed by atoms with van der Waals surface area (Å²) in [7, 11) is 0. The highest BCUT2D eigenvalue weighted by Crippen LogP contribution is 2.17. The lowest BCUT2D eigenvalue weighted by Crippen LogP contribution is -2.25. The van der Waals surface area contributed by atoms with Crippen LogP contribution < -0.4 is 10.7 Å². The van der Waals surface area contributed by atoms with Gasteiger partial charge >= 0.3 is 0 Å². The van der Waals surface area contributed by atoms with E-state index in [9.17, 15) is 0 Å². The number of aromatic nitrogens is 2. The summed E-state index contributed by atoms with van der Waals surface area (Å²) in [4.78, 5) is 7.75. The second-order valence-electron chi connectivity index (χ2n) is 5.61. The Morgan fingerprint density at radius 3 is 2.71 bits per heavy atom. The molecule has 5 nitrogen and oxygen atoms in total. The van der Waals surface area contributed by atoms with Crippen LogP contribution in [0.25, 0.3) is 11.0 Å². The molecule has 0 amide bonds. The number of H-pyrrole nitrogens is 1. The predicted octanol–water partition coefficient (Wildman–Crippen LogP) is 3.89. The lowest BCUT2D eigenvalue weighted by atomic mass is 10.1. The Hall–Kier alpha value is -2.73. The standard InChI is InChI=1S/C18H19N5S/c1-11-7-6-10-14(12(11)2)21-18(24)23-22-13(3)17-19-15-8-4-5-9-16(15)20-17/h4-10H,1-3H3,(H,19,20)(H2,21,23,24)/b22-13+. The highest BCUT2D eigenvalue weighted by Gasteiger charge is 2.06. The number of nitrogens with zero attached hydrogens (tertiary/aromatic N) is 2. The zero-order valence-electron chi connectivity index (χ0n) is 13.8. The van der Waals surface area contributed by atoms with Crippen LogP contribution in [0.4, 0.5) is 5.69 Å². The third kappa shape index (κ3) is 3.44. The van der Waals surface area contributed by atoms with E-state index in [4.69, 9.17) is 12.2 Å². The lowest BCUT2D eigenvalue weighted by molar-refractivity contribution is 1.03. The van der Waals surface area contributed by atoms with Crippen molar-refractivity contribution in [2.45, 2.75) is 20.8 Å². The quantitative estimate of drug-likeness (QED) is 0.385. The van der Waals surface area contributed by atoms with E-state index >= 15 is 0 Å². The van der Waals surface area contributed by atoms with Crippen LogP contribution in [-0.4, -0.2) is 20.8 Å². The monoisotopic (exact) mass is 337 g/mol. The predicted molar refractivity (Wildman–Crippen MR) is 104 cm³/mol. The van der Waals surface area contributed by atoms with Gasteiger partial charge in [0.1, 0.15) is 5.71 Å². The Morgan fingerprint density at radius 1 is 1.12 bits per heavy atom. The third-order valence-electron chi connectivity index (χ3n) is 3.91. The minimum atomic E-state index is 0.444. The van der Waals surface area contributed by atoms with Crippen LogP contribution >= 0.6 is 12.2 Å². The number of rotatable bonds is 3. The molecule has 0 spiro atoms. The fourth-order valence-corrected chi connectivity index (χ4v) is 2.50. The van der Waals surface area contributed by atoms with Crippen molar-refractivity contribution in [3.8, 4) is 0 Å². The van der Waals surface area contributed by atoms with Crippen molar-refractivity contribution in [3.05, 3.63) is 59.4 Å². The highest BCUT2D eigenvalue weighted by molar-refractivity contribution is 7.80. The molecule has 0 aliphatic heterocycles. The van der Waals surface area contributed by atoms with Crippen LogP contribution in [0.1, 0.15) is 23.9 Å². The molecule has 6 heteroatoms. The second kappa shape index (κ2) is 6.80. The maximum atomic E-state index is 5.31. The minimum absolute atomic E-state index is 0.444. The van der Waals surface area contributed by atoms with Gasteiger partial charge < -0.3 is 10.3 Å². The summed E-state index contributed by atoms with van der Waals surface area (Å²) in [6.45, 7) is 6.01. The number of fused-ring (bicyclic) bond motifs is 1. The lowest BCUT2D eigenvalue weighted by Gasteiger charge is -2.11. The Morgan fingerprint density at radius 2 is 1.92 bits per heavy atom. The zero-order valence-corrected chi connectivity index (χ0v) is 14.7. The fraction of sp³-hybridized carbons (Fsp3) is 0.167. The molecule has 122 valence electrons. The first-order chi connectivity index (χ1) is 11.5. The van der Waals surface area contributed by atoms with Crippen LogP contribution in [0.2, 0.25) is 0 Å². The molecule has 0 bridgehead atoms. The SMILES string of the molecule is C/C(=N\NC(=S)Nc1cccc(C)c1C)c1nc2ccccc2[nH]1. The fourth-order valence-electron chi connectivity index (χ4n) is 2.35. The molecule has 3 aromatic rings. The molecule has 3 N–H and O–H groups in total. The van der Waals surface area contributed by atoms with Gasteiger partial charge in [0.15, 0.2) is 10.9 Å². The number of nitrogens with one attached hydrogen (secondary N) is 3. The number of aryl methyl sites for hydroxylation is 1. The average Bonchev–Trinajstić information content (AvgIpc) is 3.01. The van der Waals surface area contributed by atoms with E-state index in [0.29, 0.717) is 5.11 Å². The van der Waals surface area contributed by atoms with Crippen molar-refractivity contribution >= 4 is 39.8 Å². The third-order valence-corrected chi connectivity index (χ3v) is 4.10. The molecule has 0 fully saturated rings. The summed E-state index contributed by atoms with van der Waals surface area (Å²) in [5.41, 5.74) is 8.86. The molecule has 24 heavy (non-hydrogen) atoms. The van der Waals surface area contributed by atoms with Gasteiger partial charge in [0, 0.05) is 5.69 Å². The largest absolute Gasteiger partial charge is 0.337 e. The number of imidazole rings is 1. The number of hydrogen-bond acceptors (Lipinski definition) is 3. The van der Waals surface area contributed by atoms with Gasteiger partial charge in [-0.2, -0.15) is 5.10 Å². The molecule has 0 aliphatic carbocycles. The molecule has 3 rings (SSSR count). The Labute approximate surface area is 146 Å². The highest BCUT2D eigenvalue weighted by atomic mass is 32.1. The minimum Gasteiger partial charge on any atom is -0.337 e. The number of anilines is 1. The van der Waals surface area contributed by atoms with Crippen molar-refractivity contribution in [1.82, 2.24) is 15.4 Å². The number of hydrazone groups is 1. The van der Waals surface area contributed by atoms with E-state index < -0.39 is 0 Å². The summed E-state index contributed by atoms with van der Waals surface area (Å²) >= 11 is 5.31. The molecule has 1 heterocycles. The number of benzene rings is 2. The summed E-state index contributed by atoms with van der Waals surface area (Å²) in [6.07, 6.45) is 0. The van der Waals surface area contributed by atoms with E-state index in [0.717, 1.165) is 28.3 Å². The number of hydrogen-bond donors (Lipinski definition) is 3. The molecule has 0 atom stereocenters. The molecule has 0 radical (unpaired) electrons. The maximum absolute atomic E-state index is 5.31. The molecular weight excluding hydrogens is 318 g/mol. The summed E-state index contributed by atoms with van der Waals surface area (Å²) in [5.74, 6) is 0.721. The Bertz CT molecular complexity index is 893. The van der Waals surface area contributed by atoms with E-state index in [1.54, 1.807) is 0 Å². The number of aromatic amines is 1. The van der Waals surface area contributed by atoms with Gasteiger partial charge in [-0.05, 0) is 62.3 Å². The summed E-state index contributed by atoms with van der Waals surface area (Å²) in [5, 5.41) is 7.92. The van der Waals surface area contributed by atoms with Gasteiger partial charge in [0.2, 0.25) is 0 Å². The van der Waals surface area contributed by atoms with Crippen molar-refractivity contribution in [3.63, 3.8) is 0 Å². The topological polar surface area (TPSA) is 65.1 Å². The van der Waals surface area contributed by atoms with Crippen molar-refractivity contribution in [2.75, 3.05) is 5.32 Å². The molecule has 0 saturated carbocycles. The first kappa shape index (κ1) is 16.1. The molecule has 2 aromatic carbocycles. The Kier molecular flexibility index (Phi) is 4.57. The molecular formula is C18H19N5S. The van der Waals surface area contributed by atoms with Gasteiger partial charge in [-0.1, -0.05) is 24.3 Å². The number of para-hydroxylation sites is 2. The average molecular weight is 337 g/mol. The normalized spacial score (nSPS) is 11.5. The molecule has 1 aromatic heterocycles. The van der Waals surface area contributed by atoms with E-state index in [-0.39, 0.29) is 0 Å². The molecule has 0 aliphatic rings. The first-order valence-corrected chi connectivity index (χ1v) is 8.08. The first-order valence-electron chi connectivity index (χ1n) is 7.67. The Balaban J connectivity index is 1.70. The van der Waals surface area contributed by atoms with Gasteiger partial charge in [-0.3, -0.25) is 5.43 Å². The number of thiocarbonyl (C=S) groups is 1.